The highest BCUT2D eigenvalue weighted by Crippen LogP contribution is 2.42. The third kappa shape index (κ3) is 8.64. The van der Waals surface area contributed by atoms with Gasteiger partial charge in [-0.1, -0.05) is 128 Å². The third-order valence-corrected chi connectivity index (χ3v) is 10.3. The first-order chi connectivity index (χ1) is 25.0. The summed E-state index contributed by atoms with van der Waals surface area (Å²) in [5.41, 5.74) is 8.13. The Morgan fingerprint density at radius 3 is 2.04 bits per heavy atom. The van der Waals surface area contributed by atoms with Gasteiger partial charge < -0.3 is 19.9 Å². The largest absolute Gasteiger partial charge is 0.392 e. The van der Waals surface area contributed by atoms with E-state index in [4.69, 9.17) is 9.47 Å². The van der Waals surface area contributed by atoms with E-state index in [2.05, 4.69) is 101 Å². The number of hydrogen-bond acceptors (Lipinski definition) is 6. The van der Waals surface area contributed by atoms with Gasteiger partial charge in [-0.25, -0.2) is 0 Å². The first kappa shape index (κ1) is 34.8. The fraction of sp³-hybridized carbons (Fsp3) is 0.295. The lowest BCUT2D eigenvalue weighted by atomic mass is 9.89. The first-order valence-electron chi connectivity index (χ1n) is 18.0. The molecule has 5 aromatic rings. The van der Waals surface area contributed by atoms with Crippen molar-refractivity contribution in [3.05, 3.63) is 167 Å². The van der Waals surface area contributed by atoms with Crippen molar-refractivity contribution < 1.29 is 19.4 Å². The molecule has 7 rings (SSSR count). The van der Waals surface area contributed by atoms with Crippen LogP contribution in [0, 0.1) is 5.92 Å². The molecule has 0 aliphatic carbocycles. The summed E-state index contributed by atoms with van der Waals surface area (Å²) in [5.74, 6) is 0.0339. The molecule has 4 atom stereocenters. The van der Waals surface area contributed by atoms with Crippen LogP contribution in [0.25, 0.3) is 11.1 Å². The fourth-order valence-electron chi connectivity index (χ4n) is 7.20. The Labute approximate surface area is 301 Å². The Hall–Kier alpha value is -4.63. The van der Waals surface area contributed by atoms with Gasteiger partial charge in [0.15, 0.2) is 6.29 Å². The van der Waals surface area contributed by atoms with Crippen LogP contribution in [0.2, 0.25) is 0 Å². The maximum atomic E-state index is 12.7. The van der Waals surface area contributed by atoms with Gasteiger partial charge in [-0.3, -0.25) is 14.6 Å². The summed E-state index contributed by atoms with van der Waals surface area (Å²) in [7, 11) is 0. The second-order valence-corrected chi connectivity index (χ2v) is 13.7. The Bertz CT molecular complexity index is 1840. The van der Waals surface area contributed by atoms with Gasteiger partial charge in [0.1, 0.15) is 0 Å². The highest BCUT2D eigenvalue weighted by atomic mass is 16.7. The highest BCUT2D eigenvalue weighted by Gasteiger charge is 2.39. The minimum Gasteiger partial charge on any atom is -0.392 e. The van der Waals surface area contributed by atoms with Crippen molar-refractivity contribution in [3.63, 3.8) is 0 Å². The van der Waals surface area contributed by atoms with Crippen LogP contribution in [0.3, 0.4) is 0 Å². The molecule has 0 spiro atoms. The molecule has 0 saturated carbocycles. The van der Waals surface area contributed by atoms with Gasteiger partial charge in [-0.05, 0) is 45.5 Å². The van der Waals surface area contributed by atoms with E-state index in [-0.39, 0.29) is 30.6 Å². The molecule has 0 unspecified atom stereocenters. The molecule has 0 bridgehead atoms. The minimum absolute atomic E-state index is 0.0147. The molecule has 2 N–H and O–H groups in total. The predicted octanol–water partition coefficient (Wildman–Crippen LogP) is 7.39. The number of amides is 1. The molecule has 7 heteroatoms. The number of piperazine rings is 1. The summed E-state index contributed by atoms with van der Waals surface area (Å²) >= 11 is 0. The van der Waals surface area contributed by atoms with Gasteiger partial charge in [0.05, 0.1) is 18.8 Å². The minimum atomic E-state index is -0.525. The van der Waals surface area contributed by atoms with Crippen LogP contribution >= 0.6 is 0 Å². The lowest BCUT2D eigenvalue weighted by Gasteiger charge is -2.44. The molecule has 5 aromatic carbocycles. The standard InChI is InChI=1S/C44H47N3O4/c1-32-41(30-47-26-24-46(25-27-47)29-33-10-4-2-5-11-33)50-44(51-42(32)36-18-16-34(31-48)17-19-36)38-22-20-35(21-23-38)40-15-9-8-14-39(40)28-45-43(49)37-12-6-3-7-13-37/h2-23,32,41-42,44,48H,24-31H2,1H3,(H,45,49)/t32-,41+,42+,44+/m0/s1. The lowest BCUT2D eigenvalue weighted by Crippen LogP contribution is -2.51. The van der Waals surface area contributed by atoms with Gasteiger partial charge in [-0.15, -0.1) is 0 Å². The number of benzene rings is 5. The average Bonchev–Trinajstić information content (AvgIpc) is 3.19. The maximum absolute atomic E-state index is 12.7. The van der Waals surface area contributed by atoms with E-state index in [9.17, 15) is 9.90 Å². The van der Waals surface area contributed by atoms with E-state index in [1.165, 1.54) is 5.56 Å². The van der Waals surface area contributed by atoms with Crippen LogP contribution in [0.15, 0.2) is 133 Å². The molecule has 262 valence electrons. The van der Waals surface area contributed by atoms with Crippen LogP contribution in [-0.2, 0) is 29.2 Å². The van der Waals surface area contributed by atoms with Gasteiger partial charge >= 0.3 is 0 Å². The molecule has 2 fully saturated rings. The Morgan fingerprint density at radius 1 is 0.706 bits per heavy atom. The van der Waals surface area contributed by atoms with Gasteiger partial charge in [0, 0.05) is 62.9 Å². The maximum Gasteiger partial charge on any atom is 0.251 e. The number of hydrogen-bond donors (Lipinski definition) is 2. The van der Waals surface area contributed by atoms with E-state index in [1.807, 2.05) is 54.6 Å². The SMILES string of the molecule is C[C@H]1[C@@H](CN2CCN(Cc3ccccc3)CC2)O[C@@H](c2ccc(-c3ccccc3CNC(=O)c3ccccc3)cc2)O[C@H]1c1ccc(CO)cc1. The normalized spacial score (nSPS) is 21.3. The number of rotatable bonds is 11. The smallest absolute Gasteiger partial charge is 0.251 e. The van der Waals surface area contributed by atoms with Gasteiger partial charge in [0.2, 0.25) is 0 Å². The van der Waals surface area contributed by atoms with Gasteiger partial charge in [0.25, 0.3) is 5.91 Å². The molecular formula is C44H47N3O4. The van der Waals surface area contributed by atoms with Crippen molar-refractivity contribution in [1.29, 1.82) is 0 Å². The number of ether oxygens (including phenoxy) is 2. The van der Waals surface area contributed by atoms with Crippen molar-refractivity contribution in [2.24, 2.45) is 5.92 Å². The van der Waals surface area contributed by atoms with E-state index in [0.29, 0.717) is 12.1 Å². The lowest BCUT2D eigenvalue weighted by molar-refractivity contribution is -0.276. The molecule has 0 radical (unpaired) electrons. The van der Waals surface area contributed by atoms with Crippen molar-refractivity contribution in [2.45, 2.75) is 45.1 Å². The summed E-state index contributed by atoms with van der Waals surface area (Å²) in [5, 5.41) is 12.7. The van der Waals surface area contributed by atoms with E-state index in [1.54, 1.807) is 0 Å². The number of aliphatic hydroxyl groups excluding tert-OH is 1. The van der Waals surface area contributed by atoms with Gasteiger partial charge in [-0.2, -0.15) is 0 Å². The molecule has 0 aromatic heterocycles. The van der Waals surface area contributed by atoms with Crippen molar-refractivity contribution >= 4 is 5.91 Å². The summed E-state index contributed by atoms with van der Waals surface area (Å²) in [6, 6.07) is 44.7. The second kappa shape index (κ2) is 16.6. The second-order valence-electron chi connectivity index (χ2n) is 13.7. The van der Waals surface area contributed by atoms with E-state index in [0.717, 1.165) is 72.6 Å². The van der Waals surface area contributed by atoms with E-state index >= 15 is 0 Å². The summed E-state index contributed by atoms with van der Waals surface area (Å²) < 4.78 is 13.6. The summed E-state index contributed by atoms with van der Waals surface area (Å²) in [6.45, 7) is 8.55. The van der Waals surface area contributed by atoms with Crippen molar-refractivity contribution in [2.75, 3.05) is 32.7 Å². The zero-order valence-electron chi connectivity index (χ0n) is 29.2. The first-order valence-corrected chi connectivity index (χ1v) is 18.0. The highest BCUT2D eigenvalue weighted by molar-refractivity contribution is 5.94. The molecule has 2 aliphatic heterocycles. The monoisotopic (exact) mass is 681 g/mol. The Kier molecular flexibility index (Phi) is 11.3. The van der Waals surface area contributed by atoms with E-state index < -0.39 is 6.29 Å². The zero-order valence-corrected chi connectivity index (χ0v) is 29.2. The third-order valence-electron chi connectivity index (χ3n) is 10.3. The molecule has 7 nitrogen and oxygen atoms in total. The molecule has 2 heterocycles. The zero-order chi connectivity index (χ0) is 35.0. The van der Waals surface area contributed by atoms with Crippen LogP contribution in [-0.4, -0.2) is 59.6 Å². The van der Waals surface area contributed by atoms with Crippen LogP contribution < -0.4 is 5.32 Å². The summed E-state index contributed by atoms with van der Waals surface area (Å²) in [6.07, 6.45) is -0.711. The van der Waals surface area contributed by atoms with Crippen LogP contribution in [0.5, 0.6) is 0 Å². The Morgan fingerprint density at radius 2 is 1.33 bits per heavy atom. The molecule has 51 heavy (non-hydrogen) atoms. The average molecular weight is 682 g/mol. The fourth-order valence-corrected chi connectivity index (χ4v) is 7.20. The van der Waals surface area contributed by atoms with Crippen molar-refractivity contribution in [1.82, 2.24) is 15.1 Å². The molecule has 2 saturated heterocycles. The van der Waals surface area contributed by atoms with Crippen LogP contribution in [0.4, 0.5) is 0 Å². The molecular weight excluding hydrogens is 635 g/mol. The Balaban J connectivity index is 1.06. The quantitative estimate of drug-likeness (QED) is 0.152. The number of nitrogens with zero attached hydrogens (tertiary/aromatic N) is 2. The number of nitrogens with one attached hydrogen (secondary N) is 1. The number of carbonyl (C=O) groups is 1. The molecule has 2 aliphatic rings. The van der Waals surface area contributed by atoms with Crippen molar-refractivity contribution in [3.8, 4) is 11.1 Å². The number of carbonyl (C=O) groups excluding carboxylic acids is 1. The number of aliphatic hydroxyl groups is 1. The topological polar surface area (TPSA) is 74.3 Å². The van der Waals surface area contributed by atoms with Crippen LogP contribution in [0.1, 0.15) is 57.5 Å². The summed E-state index contributed by atoms with van der Waals surface area (Å²) in [4.78, 5) is 17.8. The molecule has 1 amide bonds. The predicted molar refractivity (Wildman–Crippen MR) is 201 cm³/mol.